The van der Waals surface area contributed by atoms with Gasteiger partial charge in [0.05, 0.1) is 5.70 Å². The molecule has 27 heavy (non-hydrogen) atoms. The van der Waals surface area contributed by atoms with Gasteiger partial charge in [-0.3, -0.25) is 4.79 Å². The highest BCUT2D eigenvalue weighted by molar-refractivity contribution is 6.53. The first kappa shape index (κ1) is 21.7. The number of ketones is 1. The second kappa shape index (κ2) is 9.08. The molecule has 1 aromatic carbocycles. The van der Waals surface area contributed by atoms with Crippen LogP contribution >= 0.6 is 23.2 Å². The summed E-state index contributed by atoms with van der Waals surface area (Å²) in [6.45, 7) is 3.72. The van der Waals surface area contributed by atoms with E-state index in [0.717, 1.165) is 0 Å². The van der Waals surface area contributed by atoms with Gasteiger partial charge < -0.3 is 24.6 Å². The number of Topliss-reactive ketones (excluding diaryl/α,β-unsaturated/α-hetero) is 1. The van der Waals surface area contributed by atoms with E-state index in [4.69, 9.17) is 37.4 Å². The van der Waals surface area contributed by atoms with Gasteiger partial charge in [-0.05, 0) is 18.6 Å². The number of allylic oxidation sites excluding steroid dienone is 2. The number of benzene rings is 1. The molecular formula is C19H23Cl2NO5. The number of carbonyl (C=O) groups excluding carboxylic acids is 1. The Morgan fingerprint density at radius 3 is 2.48 bits per heavy atom. The fraction of sp³-hybridized carbons (Fsp3) is 0.421. The molecule has 0 spiro atoms. The zero-order valence-electron chi connectivity index (χ0n) is 15.2. The van der Waals surface area contributed by atoms with E-state index in [0.29, 0.717) is 5.75 Å². The number of para-hydroxylation sites is 1. The zero-order chi connectivity index (χ0) is 20.1. The molecule has 2 N–H and O–H groups in total. The standard InChI is InChI=1S/C19H23Cl2NO5/c1-4-10-18(21)17(24)15(20)16(19(18,25-2)26-3)22-11-13(23)12-27-14-8-6-5-7-9-14/h4-9,13,22-23H,1,10-12H2,2-3H3/t13-,18-/m0/s1. The Labute approximate surface area is 168 Å². The van der Waals surface area contributed by atoms with Crippen LogP contribution in [-0.4, -0.2) is 55.0 Å². The third-order valence-electron chi connectivity index (χ3n) is 4.33. The summed E-state index contributed by atoms with van der Waals surface area (Å²) in [5.74, 6) is -1.53. The average Bonchev–Trinajstić information content (AvgIpc) is 2.84. The van der Waals surface area contributed by atoms with Crippen molar-refractivity contribution in [3.63, 3.8) is 0 Å². The molecule has 0 saturated carbocycles. The van der Waals surface area contributed by atoms with Gasteiger partial charge in [0.15, 0.2) is 4.87 Å². The van der Waals surface area contributed by atoms with E-state index < -0.39 is 22.5 Å². The summed E-state index contributed by atoms with van der Waals surface area (Å²) in [7, 11) is 2.73. The van der Waals surface area contributed by atoms with Gasteiger partial charge in [-0.25, -0.2) is 0 Å². The van der Waals surface area contributed by atoms with Crippen LogP contribution in [0.3, 0.4) is 0 Å². The number of halogens is 2. The number of methoxy groups -OCH3 is 2. The van der Waals surface area contributed by atoms with Crippen LogP contribution in [0.1, 0.15) is 6.42 Å². The highest BCUT2D eigenvalue weighted by atomic mass is 35.5. The Morgan fingerprint density at radius 2 is 1.93 bits per heavy atom. The lowest BCUT2D eigenvalue weighted by atomic mass is 9.93. The summed E-state index contributed by atoms with van der Waals surface area (Å²) in [6, 6.07) is 9.10. The van der Waals surface area contributed by atoms with Crippen molar-refractivity contribution in [1.82, 2.24) is 5.32 Å². The molecule has 0 aliphatic heterocycles. The number of alkyl halides is 1. The molecule has 8 heteroatoms. The Morgan fingerprint density at radius 1 is 1.30 bits per heavy atom. The Bertz CT molecular complexity index is 705. The quantitative estimate of drug-likeness (QED) is 0.347. The van der Waals surface area contributed by atoms with Gasteiger partial charge in [0.2, 0.25) is 11.6 Å². The van der Waals surface area contributed by atoms with Crippen molar-refractivity contribution in [3.05, 3.63) is 53.7 Å². The van der Waals surface area contributed by atoms with E-state index in [2.05, 4.69) is 11.9 Å². The first-order valence-electron chi connectivity index (χ1n) is 8.31. The van der Waals surface area contributed by atoms with Crippen LogP contribution < -0.4 is 10.1 Å². The maximum absolute atomic E-state index is 12.7. The van der Waals surface area contributed by atoms with E-state index in [-0.39, 0.29) is 30.3 Å². The van der Waals surface area contributed by atoms with Crippen molar-refractivity contribution in [2.75, 3.05) is 27.4 Å². The molecule has 0 radical (unpaired) electrons. The van der Waals surface area contributed by atoms with Gasteiger partial charge in [0.1, 0.15) is 23.5 Å². The number of hydrogen-bond acceptors (Lipinski definition) is 6. The topological polar surface area (TPSA) is 77.0 Å². The lowest BCUT2D eigenvalue weighted by molar-refractivity contribution is -0.199. The summed E-state index contributed by atoms with van der Waals surface area (Å²) in [5, 5.41) is 13.0. The molecular weight excluding hydrogens is 393 g/mol. The maximum Gasteiger partial charge on any atom is 0.238 e. The summed E-state index contributed by atoms with van der Waals surface area (Å²) in [6.07, 6.45) is 0.692. The van der Waals surface area contributed by atoms with Gasteiger partial charge in [-0.15, -0.1) is 18.2 Å². The van der Waals surface area contributed by atoms with Crippen molar-refractivity contribution < 1.29 is 24.1 Å². The maximum atomic E-state index is 12.7. The Hall–Kier alpha value is -1.57. The first-order valence-corrected chi connectivity index (χ1v) is 9.06. The Kier molecular flexibility index (Phi) is 7.31. The number of aliphatic hydroxyl groups is 1. The van der Waals surface area contributed by atoms with Gasteiger partial charge >= 0.3 is 0 Å². The first-order chi connectivity index (χ1) is 12.9. The number of ether oxygens (including phenoxy) is 3. The third kappa shape index (κ3) is 4.00. The zero-order valence-corrected chi connectivity index (χ0v) is 16.7. The molecule has 0 heterocycles. The van der Waals surface area contributed by atoms with Gasteiger partial charge in [0.25, 0.3) is 0 Å². The summed E-state index contributed by atoms with van der Waals surface area (Å²) < 4.78 is 16.5. The smallest absolute Gasteiger partial charge is 0.238 e. The van der Waals surface area contributed by atoms with Crippen LogP contribution in [0.5, 0.6) is 5.75 Å². The molecule has 6 nitrogen and oxygen atoms in total. The number of rotatable bonds is 10. The lowest BCUT2D eigenvalue weighted by Gasteiger charge is -2.39. The SMILES string of the molecule is C=CC[C@]1(Cl)C(=O)C(Cl)=C(NC[C@H](O)COc2ccccc2)C1(OC)OC. The van der Waals surface area contributed by atoms with E-state index in [1.165, 1.54) is 20.3 Å². The highest BCUT2D eigenvalue weighted by Gasteiger charge is 2.65. The van der Waals surface area contributed by atoms with E-state index in [1.807, 2.05) is 18.2 Å². The minimum atomic E-state index is -1.63. The van der Waals surface area contributed by atoms with Crippen LogP contribution in [0.25, 0.3) is 0 Å². The molecule has 0 bridgehead atoms. The number of carbonyl (C=O) groups is 1. The molecule has 148 valence electrons. The molecule has 2 atom stereocenters. The summed E-state index contributed by atoms with van der Waals surface area (Å²) >= 11 is 12.8. The fourth-order valence-electron chi connectivity index (χ4n) is 3.00. The third-order valence-corrected chi connectivity index (χ3v) is 5.27. The molecule has 2 rings (SSSR count). The lowest BCUT2D eigenvalue weighted by Crippen LogP contribution is -2.57. The van der Waals surface area contributed by atoms with E-state index in [1.54, 1.807) is 12.1 Å². The molecule has 0 unspecified atom stereocenters. The van der Waals surface area contributed by atoms with Crippen LogP contribution in [0, 0.1) is 0 Å². The van der Waals surface area contributed by atoms with Crippen LogP contribution in [0.2, 0.25) is 0 Å². The second-order valence-electron chi connectivity index (χ2n) is 6.00. The number of nitrogens with one attached hydrogen (secondary N) is 1. The predicted octanol–water partition coefficient (Wildman–Crippen LogP) is 2.59. The highest BCUT2D eigenvalue weighted by Crippen LogP contribution is 2.50. The predicted molar refractivity (Wildman–Crippen MR) is 104 cm³/mol. The van der Waals surface area contributed by atoms with Gasteiger partial charge in [-0.1, -0.05) is 35.9 Å². The minimum Gasteiger partial charge on any atom is -0.491 e. The largest absolute Gasteiger partial charge is 0.491 e. The molecule has 1 aromatic rings. The van der Waals surface area contributed by atoms with Gasteiger partial charge in [0, 0.05) is 20.8 Å². The minimum absolute atomic E-state index is 0.0429. The molecule has 0 amide bonds. The van der Waals surface area contributed by atoms with Crippen molar-refractivity contribution in [1.29, 1.82) is 0 Å². The molecule has 0 fully saturated rings. The van der Waals surface area contributed by atoms with Crippen LogP contribution in [-0.2, 0) is 14.3 Å². The van der Waals surface area contributed by atoms with Crippen molar-refractivity contribution >= 4 is 29.0 Å². The second-order valence-corrected chi connectivity index (χ2v) is 7.02. The van der Waals surface area contributed by atoms with Crippen LogP contribution in [0.4, 0.5) is 0 Å². The van der Waals surface area contributed by atoms with Crippen molar-refractivity contribution in [2.45, 2.75) is 23.2 Å². The fourth-order valence-corrected chi connectivity index (χ4v) is 3.85. The molecule has 1 aliphatic rings. The summed E-state index contributed by atoms with van der Waals surface area (Å²) in [5.41, 5.74) is 0.162. The number of aliphatic hydroxyl groups excluding tert-OH is 1. The van der Waals surface area contributed by atoms with E-state index in [9.17, 15) is 9.90 Å². The molecule has 0 saturated heterocycles. The van der Waals surface area contributed by atoms with Crippen molar-refractivity contribution in [3.8, 4) is 5.75 Å². The van der Waals surface area contributed by atoms with Gasteiger partial charge in [-0.2, -0.15) is 0 Å². The number of hydrogen-bond donors (Lipinski definition) is 2. The average molecular weight is 416 g/mol. The Balaban J connectivity index is 2.11. The molecule has 0 aromatic heterocycles. The molecule has 1 aliphatic carbocycles. The van der Waals surface area contributed by atoms with E-state index >= 15 is 0 Å². The summed E-state index contributed by atoms with van der Waals surface area (Å²) in [4.78, 5) is 11.1. The van der Waals surface area contributed by atoms with Crippen molar-refractivity contribution in [2.24, 2.45) is 0 Å². The normalized spacial score (nSPS) is 22.6. The van der Waals surface area contributed by atoms with Crippen LogP contribution in [0.15, 0.2) is 53.7 Å². The monoisotopic (exact) mass is 415 g/mol.